The molecule has 0 spiro atoms. The van der Waals surface area contributed by atoms with Crippen LogP contribution in [-0.2, 0) is 10.7 Å². The molecular weight excluding hydrogens is 449 g/mol. The lowest BCUT2D eigenvalue weighted by atomic mass is 9.95. The Morgan fingerprint density at radius 1 is 1.03 bits per heavy atom. The first-order valence-electron chi connectivity index (χ1n) is 10.2. The van der Waals surface area contributed by atoms with Crippen LogP contribution in [0.4, 0.5) is 13.2 Å². The van der Waals surface area contributed by atoms with Crippen LogP contribution in [0.2, 0.25) is 0 Å². The van der Waals surface area contributed by atoms with Crippen LogP contribution < -0.4 is 4.74 Å². The minimum Gasteiger partial charge on any atom is -0.482 e. The van der Waals surface area contributed by atoms with Crippen molar-refractivity contribution in [2.45, 2.75) is 17.7 Å². The zero-order chi connectivity index (χ0) is 23.8. The van der Waals surface area contributed by atoms with Gasteiger partial charge in [-0.2, -0.15) is 8.78 Å². The van der Waals surface area contributed by atoms with E-state index in [-0.39, 0.29) is 5.56 Å². The summed E-state index contributed by atoms with van der Waals surface area (Å²) in [7, 11) is 0. The summed E-state index contributed by atoms with van der Waals surface area (Å²) in [6.07, 6.45) is 1.96. The highest BCUT2D eigenvalue weighted by atomic mass is 32.2. The highest BCUT2D eigenvalue weighted by Gasteiger charge is 2.31. The molecule has 0 heterocycles. The number of hydrogen-bond donors (Lipinski definition) is 1. The molecule has 0 saturated carbocycles. The van der Waals surface area contributed by atoms with Gasteiger partial charge in [0.05, 0.1) is 0 Å². The van der Waals surface area contributed by atoms with E-state index in [1.807, 2.05) is 49.4 Å². The molecule has 7 heteroatoms. The summed E-state index contributed by atoms with van der Waals surface area (Å²) in [6, 6.07) is 20.6. The van der Waals surface area contributed by atoms with Crippen LogP contribution in [0, 0.1) is 6.92 Å². The Hall–Kier alpha value is -3.19. The zero-order valence-electron chi connectivity index (χ0n) is 17.9. The van der Waals surface area contributed by atoms with Crippen LogP contribution >= 0.6 is 11.8 Å². The van der Waals surface area contributed by atoms with E-state index in [4.69, 9.17) is 9.84 Å². The molecular formula is C26H23F3O3S. The molecule has 1 N–H and O–H groups in total. The Labute approximate surface area is 194 Å². The molecule has 0 bridgehead atoms. The molecule has 0 fully saturated rings. The van der Waals surface area contributed by atoms with Gasteiger partial charge in [-0.05, 0) is 53.5 Å². The summed E-state index contributed by atoms with van der Waals surface area (Å²) < 4.78 is 45.9. The maximum absolute atomic E-state index is 13.9. The van der Waals surface area contributed by atoms with Crippen molar-refractivity contribution in [3.05, 3.63) is 101 Å². The smallest absolute Gasteiger partial charge is 0.341 e. The van der Waals surface area contributed by atoms with Crippen LogP contribution in [0.25, 0.3) is 5.57 Å². The largest absolute Gasteiger partial charge is 0.482 e. The number of rotatable bonds is 10. The number of carboxylic acids is 1. The lowest BCUT2D eigenvalue weighted by Gasteiger charge is -2.15. The van der Waals surface area contributed by atoms with Crippen molar-refractivity contribution in [3.8, 4) is 5.75 Å². The molecule has 0 unspecified atom stereocenters. The van der Waals surface area contributed by atoms with E-state index in [0.29, 0.717) is 17.1 Å². The minimum atomic E-state index is -3.53. The topological polar surface area (TPSA) is 46.5 Å². The van der Waals surface area contributed by atoms with E-state index in [1.165, 1.54) is 18.2 Å². The Morgan fingerprint density at radius 2 is 1.76 bits per heavy atom. The number of carbonyl (C=O) groups is 1. The maximum atomic E-state index is 13.9. The van der Waals surface area contributed by atoms with Crippen LogP contribution in [0.1, 0.15) is 22.3 Å². The number of ether oxygens (including phenoxy) is 1. The molecule has 3 rings (SSSR count). The van der Waals surface area contributed by atoms with Crippen LogP contribution in [-0.4, -0.2) is 30.1 Å². The van der Waals surface area contributed by atoms with Gasteiger partial charge in [-0.15, -0.1) is 11.8 Å². The predicted octanol–water partition coefficient (Wildman–Crippen LogP) is 6.74. The molecule has 0 saturated heterocycles. The van der Waals surface area contributed by atoms with Crippen molar-refractivity contribution < 1.29 is 27.8 Å². The quantitative estimate of drug-likeness (QED) is 0.332. The van der Waals surface area contributed by atoms with Gasteiger partial charge < -0.3 is 9.84 Å². The zero-order valence-corrected chi connectivity index (χ0v) is 18.7. The van der Waals surface area contributed by atoms with Crippen LogP contribution in [0.3, 0.4) is 0 Å². The van der Waals surface area contributed by atoms with Gasteiger partial charge in [0.25, 0.3) is 0 Å². The summed E-state index contributed by atoms with van der Waals surface area (Å²) in [6.45, 7) is -0.252. The minimum absolute atomic E-state index is 0.357. The second-order valence-electron chi connectivity index (χ2n) is 7.32. The highest BCUT2D eigenvalue weighted by molar-refractivity contribution is 7.99. The Balaban J connectivity index is 1.84. The molecule has 33 heavy (non-hydrogen) atoms. The molecule has 3 aromatic carbocycles. The van der Waals surface area contributed by atoms with E-state index < -0.39 is 25.2 Å². The average molecular weight is 473 g/mol. The van der Waals surface area contributed by atoms with Crippen molar-refractivity contribution in [2.24, 2.45) is 0 Å². The van der Waals surface area contributed by atoms with E-state index in [9.17, 15) is 18.0 Å². The van der Waals surface area contributed by atoms with Gasteiger partial charge in [0.2, 0.25) is 0 Å². The van der Waals surface area contributed by atoms with Crippen molar-refractivity contribution in [1.29, 1.82) is 0 Å². The molecule has 3 aromatic rings. The molecule has 0 aliphatic rings. The third-order valence-corrected chi connectivity index (χ3v) is 5.99. The number of thioether (sulfide) groups is 1. The second-order valence-corrected chi connectivity index (χ2v) is 8.39. The molecule has 0 aliphatic carbocycles. The van der Waals surface area contributed by atoms with Crippen molar-refractivity contribution in [3.63, 3.8) is 0 Å². The van der Waals surface area contributed by atoms with Crippen LogP contribution in [0.15, 0.2) is 83.8 Å². The summed E-state index contributed by atoms with van der Waals surface area (Å²) in [4.78, 5) is 11.6. The first-order chi connectivity index (χ1) is 15.8. The van der Waals surface area contributed by atoms with Gasteiger partial charge in [-0.3, -0.25) is 0 Å². The average Bonchev–Trinajstić information content (AvgIpc) is 2.82. The summed E-state index contributed by atoms with van der Waals surface area (Å²) in [5.74, 6) is -3.54. The fourth-order valence-electron chi connectivity index (χ4n) is 3.24. The van der Waals surface area contributed by atoms with Crippen molar-refractivity contribution in [2.75, 3.05) is 19.0 Å². The molecule has 0 atom stereocenters. The van der Waals surface area contributed by atoms with Crippen molar-refractivity contribution >= 4 is 23.3 Å². The molecule has 0 amide bonds. The lowest BCUT2D eigenvalue weighted by molar-refractivity contribution is -0.139. The number of carboxylic acid groups (broad SMARTS) is 1. The van der Waals surface area contributed by atoms with Gasteiger partial charge in [0, 0.05) is 16.2 Å². The van der Waals surface area contributed by atoms with Gasteiger partial charge in [-0.1, -0.05) is 54.6 Å². The first-order valence-corrected chi connectivity index (χ1v) is 11.2. The Bertz CT molecular complexity index is 1130. The number of aliphatic carboxylic acids is 1. The third-order valence-electron chi connectivity index (χ3n) is 4.88. The molecule has 0 radical (unpaired) electrons. The molecule has 172 valence electrons. The van der Waals surface area contributed by atoms with E-state index >= 15 is 0 Å². The number of hydrogen-bond acceptors (Lipinski definition) is 3. The highest BCUT2D eigenvalue weighted by Crippen LogP contribution is 2.33. The predicted molar refractivity (Wildman–Crippen MR) is 125 cm³/mol. The van der Waals surface area contributed by atoms with E-state index in [1.54, 1.807) is 30.0 Å². The molecule has 0 aliphatic heterocycles. The van der Waals surface area contributed by atoms with E-state index in [2.05, 4.69) is 0 Å². The number of halogens is 3. The van der Waals surface area contributed by atoms with Crippen LogP contribution in [0.5, 0.6) is 5.75 Å². The normalized spacial score (nSPS) is 11.9. The maximum Gasteiger partial charge on any atom is 0.341 e. The fraction of sp³-hybridized carbons (Fsp3) is 0.192. The number of aryl methyl sites for hydroxylation is 1. The standard InChI is InChI=1S/C26H23F3O3S/c1-18-14-22(32-16-25(30)31)10-11-24(18)33-13-12-23(19-6-3-2-4-7-19)20-8-5-9-21(15-20)26(28,29)17-27/h2-12,14-15H,13,16-17H2,1H3,(H,30,31)/b23-12-. The van der Waals surface area contributed by atoms with E-state index in [0.717, 1.165) is 21.6 Å². The summed E-state index contributed by atoms with van der Waals surface area (Å²) in [5, 5.41) is 8.73. The summed E-state index contributed by atoms with van der Waals surface area (Å²) >= 11 is 1.56. The Kier molecular flexibility index (Phi) is 8.22. The lowest BCUT2D eigenvalue weighted by Crippen LogP contribution is -2.15. The van der Waals surface area contributed by atoms with Gasteiger partial charge >= 0.3 is 11.9 Å². The van der Waals surface area contributed by atoms with Gasteiger partial charge in [0.15, 0.2) is 13.3 Å². The third kappa shape index (κ3) is 6.65. The Morgan fingerprint density at radius 3 is 2.42 bits per heavy atom. The van der Waals surface area contributed by atoms with Crippen molar-refractivity contribution in [1.82, 2.24) is 0 Å². The second kappa shape index (κ2) is 11.1. The molecule has 3 nitrogen and oxygen atoms in total. The fourth-order valence-corrected chi connectivity index (χ4v) is 4.13. The number of benzene rings is 3. The molecule has 0 aromatic heterocycles. The first kappa shape index (κ1) is 24.5. The van der Waals surface area contributed by atoms with Gasteiger partial charge in [0.1, 0.15) is 5.75 Å². The summed E-state index contributed by atoms with van der Waals surface area (Å²) in [5.41, 5.74) is 2.81. The van der Waals surface area contributed by atoms with Gasteiger partial charge in [-0.25, -0.2) is 9.18 Å². The monoisotopic (exact) mass is 472 g/mol. The number of alkyl halides is 3. The SMILES string of the molecule is Cc1cc(OCC(=O)O)ccc1SC/C=C(/c1ccccc1)c1cccc(C(F)(F)CF)c1.